The van der Waals surface area contributed by atoms with Crippen molar-refractivity contribution in [1.82, 2.24) is 0 Å². The van der Waals surface area contributed by atoms with Crippen LogP contribution in [0.2, 0.25) is 0 Å². The number of nitrogens with zero attached hydrogens (tertiary/aromatic N) is 2. The average molecular weight is 310 g/mol. The van der Waals surface area contributed by atoms with Crippen LogP contribution < -0.4 is 4.90 Å². The van der Waals surface area contributed by atoms with Crippen LogP contribution in [0.3, 0.4) is 0 Å². The molecule has 1 aromatic carbocycles. The maximum absolute atomic E-state index is 10.8. The van der Waals surface area contributed by atoms with Crippen molar-refractivity contribution in [2.45, 2.75) is 31.0 Å². The number of nitro benzene ring substituents is 1. The minimum atomic E-state index is -0.915. The molecule has 0 bridgehead atoms. The number of benzene rings is 1. The summed E-state index contributed by atoms with van der Waals surface area (Å²) in [6, 6.07) is 4.70. The normalized spacial score (nSPS) is 30.6. The largest absolute Gasteiger partial charge is 0.394 e. The third-order valence-electron chi connectivity index (χ3n) is 4.28. The molecule has 4 atom stereocenters. The average Bonchev–Trinajstić information content (AvgIpc) is 3.06. The van der Waals surface area contributed by atoms with E-state index in [1.165, 1.54) is 13.2 Å². The second-order valence-corrected chi connectivity index (χ2v) is 5.45. The van der Waals surface area contributed by atoms with Crippen LogP contribution in [0.4, 0.5) is 11.4 Å². The van der Waals surface area contributed by atoms with Gasteiger partial charge in [-0.25, -0.2) is 0 Å². The fourth-order valence-corrected chi connectivity index (χ4v) is 3.17. The highest BCUT2D eigenvalue weighted by Crippen LogP contribution is 2.37. The molecule has 120 valence electrons. The zero-order chi connectivity index (χ0) is 15.9. The summed E-state index contributed by atoms with van der Waals surface area (Å²) in [5, 5.41) is 30.2. The Labute approximate surface area is 127 Å². The first-order valence-corrected chi connectivity index (χ1v) is 7.08. The van der Waals surface area contributed by atoms with Crippen molar-refractivity contribution in [1.29, 1.82) is 0 Å². The molecular formula is C14H18N2O6. The van der Waals surface area contributed by atoms with Gasteiger partial charge in [0, 0.05) is 31.5 Å². The maximum atomic E-state index is 10.8. The Kier molecular flexibility index (Phi) is 4.00. The van der Waals surface area contributed by atoms with E-state index in [0.29, 0.717) is 13.0 Å². The highest BCUT2D eigenvalue weighted by molar-refractivity contribution is 5.62. The number of ether oxygens (including phenoxy) is 2. The summed E-state index contributed by atoms with van der Waals surface area (Å²) >= 11 is 0. The summed E-state index contributed by atoms with van der Waals surface area (Å²) in [6.07, 6.45) is -2.06. The number of aliphatic hydroxyl groups is 2. The number of rotatable bonds is 4. The summed E-state index contributed by atoms with van der Waals surface area (Å²) < 4.78 is 11.0. The van der Waals surface area contributed by atoms with E-state index < -0.39 is 29.5 Å². The van der Waals surface area contributed by atoms with E-state index in [9.17, 15) is 20.3 Å². The van der Waals surface area contributed by atoms with Gasteiger partial charge >= 0.3 is 0 Å². The first-order chi connectivity index (χ1) is 10.6. The SMILES string of the molecule is CO[C@@H]1[C@H](O)[C@@H](CO)O[C@H]1N1CCc2cc([N+](=O)[O-])ccc21. The zero-order valence-electron chi connectivity index (χ0n) is 12.1. The van der Waals surface area contributed by atoms with Crippen LogP contribution >= 0.6 is 0 Å². The van der Waals surface area contributed by atoms with Crippen LogP contribution in [0.15, 0.2) is 18.2 Å². The van der Waals surface area contributed by atoms with Crippen molar-refractivity contribution < 1.29 is 24.6 Å². The van der Waals surface area contributed by atoms with E-state index >= 15 is 0 Å². The molecule has 0 aliphatic carbocycles. The molecule has 8 heteroatoms. The summed E-state index contributed by atoms with van der Waals surface area (Å²) in [6.45, 7) is 0.324. The second-order valence-electron chi connectivity index (χ2n) is 5.45. The number of aliphatic hydroxyl groups excluding tert-OH is 2. The monoisotopic (exact) mass is 310 g/mol. The first kappa shape index (κ1) is 15.2. The zero-order valence-corrected chi connectivity index (χ0v) is 12.1. The van der Waals surface area contributed by atoms with Crippen molar-refractivity contribution in [3.8, 4) is 0 Å². The van der Waals surface area contributed by atoms with Gasteiger partial charge in [-0.3, -0.25) is 10.1 Å². The molecule has 1 aromatic rings. The standard InChI is InChI=1S/C14H18N2O6/c1-21-13-12(18)11(7-17)22-14(13)15-5-4-8-6-9(16(19)20)2-3-10(8)15/h2-3,6,11-14,17-18H,4-5,7H2,1H3/t11-,12-,13-,14-/m1/s1. The van der Waals surface area contributed by atoms with Crippen LogP contribution in [-0.4, -0.2) is 59.9 Å². The lowest BCUT2D eigenvalue weighted by molar-refractivity contribution is -0.384. The van der Waals surface area contributed by atoms with Crippen molar-refractivity contribution >= 4 is 11.4 Å². The Morgan fingerprint density at radius 2 is 2.32 bits per heavy atom. The molecule has 3 rings (SSSR count). The highest BCUT2D eigenvalue weighted by Gasteiger charge is 2.47. The maximum Gasteiger partial charge on any atom is 0.269 e. The summed E-state index contributed by atoms with van der Waals surface area (Å²) in [5.41, 5.74) is 1.77. The van der Waals surface area contributed by atoms with E-state index in [2.05, 4.69) is 0 Å². The second kappa shape index (κ2) is 5.81. The van der Waals surface area contributed by atoms with Crippen LogP contribution in [0.25, 0.3) is 0 Å². The molecule has 1 saturated heterocycles. The van der Waals surface area contributed by atoms with Gasteiger partial charge in [0.2, 0.25) is 0 Å². The third kappa shape index (κ3) is 2.34. The molecule has 0 radical (unpaired) electrons. The molecule has 0 saturated carbocycles. The van der Waals surface area contributed by atoms with E-state index in [-0.39, 0.29) is 12.3 Å². The lowest BCUT2D eigenvalue weighted by Gasteiger charge is -2.30. The molecule has 0 spiro atoms. The number of hydrogen-bond donors (Lipinski definition) is 2. The summed E-state index contributed by atoms with van der Waals surface area (Å²) in [5.74, 6) is 0. The number of anilines is 1. The van der Waals surface area contributed by atoms with Gasteiger partial charge in [-0.15, -0.1) is 0 Å². The molecule has 22 heavy (non-hydrogen) atoms. The minimum absolute atomic E-state index is 0.0597. The van der Waals surface area contributed by atoms with Crippen LogP contribution in [-0.2, 0) is 15.9 Å². The van der Waals surface area contributed by atoms with Gasteiger partial charge in [-0.05, 0) is 18.1 Å². The van der Waals surface area contributed by atoms with Crippen molar-refractivity contribution in [3.63, 3.8) is 0 Å². The predicted octanol–water partition coefficient (Wildman–Crippen LogP) is 0.0504. The lowest BCUT2D eigenvalue weighted by atomic mass is 10.1. The molecule has 1 fully saturated rings. The van der Waals surface area contributed by atoms with Crippen LogP contribution in [0.1, 0.15) is 5.56 Å². The number of methoxy groups -OCH3 is 1. The summed E-state index contributed by atoms with van der Waals surface area (Å²) in [4.78, 5) is 12.4. The van der Waals surface area contributed by atoms with Gasteiger partial charge < -0.3 is 24.6 Å². The molecular weight excluding hydrogens is 292 g/mol. The van der Waals surface area contributed by atoms with E-state index in [4.69, 9.17) is 9.47 Å². The molecule has 8 nitrogen and oxygen atoms in total. The fraction of sp³-hybridized carbons (Fsp3) is 0.571. The van der Waals surface area contributed by atoms with E-state index in [1.807, 2.05) is 4.90 Å². The Bertz CT molecular complexity index is 580. The summed E-state index contributed by atoms with van der Waals surface area (Å²) in [7, 11) is 1.48. The van der Waals surface area contributed by atoms with Crippen molar-refractivity contribution in [2.75, 3.05) is 25.2 Å². The van der Waals surface area contributed by atoms with Gasteiger partial charge in [0.05, 0.1) is 11.5 Å². The van der Waals surface area contributed by atoms with E-state index in [1.54, 1.807) is 12.1 Å². The fourth-order valence-electron chi connectivity index (χ4n) is 3.17. The van der Waals surface area contributed by atoms with Gasteiger partial charge in [-0.2, -0.15) is 0 Å². The quantitative estimate of drug-likeness (QED) is 0.598. The molecule has 2 aliphatic heterocycles. The smallest absolute Gasteiger partial charge is 0.269 e. The highest BCUT2D eigenvalue weighted by atomic mass is 16.6. The predicted molar refractivity (Wildman–Crippen MR) is 76.7 cm³/mol. The molecule has 2 heterocycles. The number of fused-ring (bicyclic) bond motifs is 1. The van der Waals surface area contributed by atoms with Gasteiger partial charge in [0.1, 0.15) is 18.3 Å². The minimum Gasteiger partial charge on any atom is -0.394 e. The molecule has 0 unspecified atom stereocenters. The Morgan fingerprint density at radius 3 is 2.95 bits per heavy atom. The molecule has 2 aliphatic rings. The number of nitro groups is 1. The van der Waals surface area contributed by atoms with Gasteiger partial charge in [-0.1, -0.05) is 0 Å². The van der Waals surface area contributed by atoms with E-state index in [0.717, 1.165) is 11.3 Å². The Morgan fingerprint density at radius 1 is 1.55 bits per heavy atom. The Balaban J connectivity index is 1.88. The lowest BCUT2D eigenvalue weighted by Crippen LogP contribution is -2.44. The number of hydrogen-bond acceptors (Lipinski definition) is 7. The molecule has 2 N–H and O–H groups in total. The van der Waals surface area contributed by atoms with Crippen molar-refractivity contribution in [2.24, 2.45) is 0 Å². The topological polar surface area (TPSA) is 105 Å². The Hall–Kier alpha value is -1.74. The van der Waals surface area contributed by atoms with Crippen LogP contribution in [0, 0.1) is 10.1 Å². The molecule has 0 aromatic heterocycles. The van der Waals surface area contributed by atoms with Gasteiger partial charge in [0.15, 0.2) is 6.23 Å². The van der Waals surface area contributed by atoms with Gasteiger partial charge in [0.25, 0.3) is 5.69 Å². The third-order valence-corrected chi connectivity index (χ3v) is 4.28. The van der Waals surface area contributed by atoms with Crippen molar-refractivity contribution in [3.05, 3.63) is 33.9 Å². The molecule has 0 amide bonds. The van der Waals surface area contributed by atoms with Crippen LogP contribution in [0.5, 0.6) is 0 Å². The first-order valence-electron chi connectivity index (χ1n) is 7.08. The number of non-ortho nitro benzene ring substituents is 1.